The van der Waals surface area contributed by atoms with Crippen LogP contribution in [-0.2, 0) is 17.6 Å². The number of carbonyl (C=O) groups excluding carboxylic acids is 1. The molecule has 3 heterocycles. The average molecular weight is 565 g/mol. The van der Waals surface area contributed by atoms with Crippen LogP contribution in [0.3, 0.4) is 0 Å². The minimum absolute atomic E-state index is 0.0213. The van der Waals surface area contributed by atoms with Gasteiger partial charge in [0.25, 0.3) is 5.91 Å². The van der Waals surface area contributed by atoms with Crippen molar-refractivity contribution in [2.75, 3.05) is 64.7 Å². The fourth-order valence-electron chi connectivity index (χ4n) is 4.56. The molecule has 11 nitrogen and oxygen atoms in total. The number of anilines is 2. The van der Waals surface area contributed by atoms with Gasteiger partial charge in [-0.15, -0.1) is 0 Å². The van der Waals surface area contributed by atoms with Crippen molar-refractivity contribution in [3.05, 3.63) is 53.0 Å². The second-order valence-corrected chi connectivity index (χ2v) is 10.3. The molecule has 0 bridgehead atoms. The van der Waals surface area contributed by atoms with Crippen LogP contribution in [0.4, 0.5) is 11.8 Å². The first-order chi connectivity index (χ1) is 19.5. The Balaban J connectivity index is 1.21. The lowest BCUT2D eigenvalue weighted by Crippen LogP contribution is -2.50. The van der Waals surface area contributed by atoms with Gasteiger partial charge < -0.3 is 34.5 Å². The molecule has 1 saturated heterocycles. The number of nitrogen functional groups attached to an aromatic ring is 1. The molecule has 0 spiro atoms. The summed E-state index contributed by atoms with van der Waals surface area (Å²) in [5, 5.41) is 0.954. The number of carbonyl (C=O) groups is 1. The molecule has 40 heavy (non-hydrogen) atoms. The Hall–Kier alpha value is -4.32. The van der Waals surface area contributed by atoms with Crippen LogP contribution < -0.4 is 29.6 Å². The van der Waals surface area contributed by atoms with Gasteiger partial charge in [0.05, 0.1) is 26.3 Å². The lowest BCUT2D eigenvalue weighted by atomic mass is 10.1. The quantitative estimate of drug-likeness (QED) is 0.307. The minimum atomic E-state index is -0.0612. The molecular formula is C28H32N6O5S. The van der Waals surface area contributed by atoms with Crippen molar-refractivity contribution in [3.63, 3.8) is 0 Å². The van der Waals surface area contributed by atoms with Gasteiger partial charge in [-0.25, -0.2) is 9.97 Å². The minimum Gasteiger partial charge on any atom is -0.497 e. The highest BCUT2D eigenvalue weighted by molar-refractivity contribution is 7.18. The standard InChI is InChI=1S/C28H32N6O5S/c1-36-19-6-8-20(9-7-19)39-17-24(35)33-12-14-34(15-13-33)26-25-27(32-28(29)31-26)40-23(30-25)11-5-18-4-10-21(37-2)22(16-18)38-3/h4,6-10,16H,5,11-15,17H2,1-3H3,(H2,29,31,32). The molecule has 0 saturated carbocycles. The van der Waals surface area contributed by atoms with Gasteiger partial charge >= 0.3 is 0 Å². The van der Waals surface area contributed by atoms with Crippen molar-refractivity contribution in [1.82, 2.24) is 19.9 Å². The third-order valence-electron chi connectivity index (χ3n) is 6.73. The van der Waals surface area contributed by atoms with Crippen LogP contribution in [0, 0.1) is 0 Å². The zero-order valence-corrected chi connectivity index (χ0v) is 23.6. The number of nitrogens with zero attached hydrogens (tertiary/aromatic N) is 5. The summed E-state index contributed by atoms with van der Waals surface area (Å²) in [5.74, 6) is 3.62. The Bertz CT molecular complexity index is 1470. The number of fused-ring (bicyclic) bond motifs is 1. The molecule has 1 fully saturated rings. The molecule has 0 radical (unpaired) electrons. The van der Waals surface area contributed by atoms with E-state index >= 15 is 0 Å². The molecule has 2 aromatic heterocycles. The highest BCUT2D eigenvalue weighted by Gasteiger charge is 2.25. The normalized spacial score (nSPS) is 13.4. The van der Waals surface area contributed by atoms with E-state index < -0.39 is 0 Å². The predicted molar refractivity (Wildman–Crippen MR) is 154 cm³/mol. The van der Waals surface area contributed by atoms with Crippen LogP contribution in [0.25, 0.3) is 10.3 Å². The number of aromatic nitrogens is 3. The van der Waals surface area contributed by atoms with Gasteiger partial charge in [-0.05, 0) is 48.4 Å². The summed E-state index contributed by atoms with van der Waals surface area (Å²) in [6, 6.07) is 13.1. The summed E-state index contributed by atoms with van der Waals surface area (Å²) in [7, 11) is 4.86. The van der Waals surface area contributed by atoms with Crippen LogP contribution in [0.2, 0.25) is 0 Å². The van der Waals surface area contributed by atoms with Crippen molar-refractivity contribution < 1.29 is 23.7 Å². The van der Waals surface area contributed by atoms with Crippen LogP contribution >= 0.6 is 11.3 Å². The van der Waals surface area contributed by atoms with Crippen LogP contribution in [-0.4, -0.2) is 79.9 Å². The number of rotatable bonds is 10. The topological polar surface area (TPSA) is 125 Å². The molecule has 0 unspecified atom stereocenters. The van der Waals surface area contributed by atoms with Gasteiger partial charge in [0.2, 0.25) is 5.95 Å². The monoisotopic (exact) mass is 564 g/mol. The maximum atomic E-state index is 12.8. The summed E-state index contributed by atoms with van der Waals surface area (Å²) in [6.07, 6.45) is 1.53. The number of hydrogen-bond donors (Lipinski definition) is 1. The van der Waals surface area contributed by atoms with Gasteiger partial charge in [-0.2, -0.15) is 4.98 Å². The maximum absolute atomic E-state index is 12.8. The Labute approximate surface area is 236 Å². The molecule has 1 aliphatic heterocycles. The summed E-state index contributed by atoms with van der Waals surface area (Å²) < 4.78 is 21.6. The summed E-state index contributed by atoms with van der Waals surface area (Å²) >= 11 is 1.52. The zero-order valence-electron chi connectivity index (χ0n) is 22.8. The van der Waals surface area contributed by atoms with Crippen molar-refractivity contribution in [1.29, 1.82) is 0 Å². The van der Waals surface area contributed by atoms with Crippen molar-refractivity contribution in [2.24, 2.45) is 0 Å². The molecule has 1 amide bonds. The summed E-state index contributed by atoms with van der Waals surface area (Å²) in [4.78, 5) is 31.3. The number of piperazine rings is 1. The number of ether oxygens (including phenoxy) is 4. The lowest BCUT2D eigenvalue weighted by molar-refractivity contribution is -0.133. The molecule has 1 aliphatic rings. The van der Waals surface area contributed by atoms with Gasteiger partial charge in [-0.1, -0.05) is 17.4 Å². The van der Waals surface area contributed by atoms with E-state index in [1.807, 2.05) is 18.2 Å². The van der Waals surface area contributed by atoms with Crippen molar-refractivity contribution in [2.45, 2.75) is 12.8 Å². The van der Waals surface area contributed by atoms with E-state index in [1.165, 1.54) is 11.3 Å². The third kappa shape index (κ3) is 6.12. The molecule has 0 aliphatic carbocycles. The molecule has 210 valence electrons. The number of amides is 1. The lowest BCUT2D eigenvalue weighted by Gasteiger charge is -2.35. The van der Waals surface area contributed by atoms with E-state index in [1.54, 1.807) is 50.5 Å². The number of hydrogen-bond acceptors (Lipinski definition) is 11. The number of methoxy groups -OCH3 is 3. The molecule has 0 atom stereocenters. The van der Waals surface area contributed by atoms with E-state index in [2.05, 4.69) is 14.9 Å². The SMILES string of the molecule is COc1ccc(OCC(=O)N2CCN(c3nc(N)nc4sc(CCc5ccc(OC)c(OC)c5)nc34)CC2)cc1. The smallest absolute Gasteiger partial charge is 0.260 e. The second-order valence-electron chi connectivity index (χ2n) is 9.19. The number of benzene rings is 2. The highest BCUT2D eigenvalue weighted by Crippen LogP contribution is 2.31. The van der Waals surface area contributed by atoms with Gasteiger partial charge in [0.1, 0.15) is 17.0 Å². The molecule has 5 rings (SSSR count). The fourth-order valence-corrected chi connectivity index (χ4v) is 5.49. The molecule has 4 aromatic rings. The van der Waals surface area contributed by atoms with E-state index in [0.29, 0.717) is 49.2 Å². The number of thiazole rings is 1. The largest absolute Gasteiger partial charge is 0.497 e. The number of nitrogens with two attached hydrogens (primary N) is 1. The van der Waals surface area contributed by atoms with Crippen LogP contribution in [0.1, 0.15) is 10.6 Å². The number of aryl methyl sites for hydroxylation is 2. The van der Waals surface area contributed by atoms with E-state index in [-0.39, 0.29) is 18.5 Å². The third-order valence-corrected chi connectivity index (χ3v) is 7.74. The first-order valence-electron chi connectivity index (χ1n) is 12.9. The summed E-state index contributed by atoms with van der Waals surface area (Å²) in [6.45, 7) is 2.29. The average Bonchev–Trinajstić information content (AvgIpc) is 3.41. The van der Waals surface area contributed by atoms with E-state index in [4.69, 9.17) is 29.7 Å². The van der Waals surface area contributed by atoms with E-state index in [0.717, 1.165) is 39.5 Å². The molecule has 2 N–H and O–H groups in total. The zero-order chi connectivity index (χ0) is 28.1. The van der Waals surface area contributed by atoms with Gasteiger partial charge in [-0.3, -0.25) is 4.79 Å². The van der Waals surface area contributed by atoms with Crippen molar-refractivity contribution in [3.8, 4) is 23.0 Å². The summed E-state index contributed by atoms with van der Waals surface area (Å²) in [5.41, 5.74) is 7.93. The van der Waals surface area contributed by atoms with Gasteiger partial charge in [0, 0.05) is 32.6 Å². The van der Waals surface area contributed by atoms with E-state index in [9.17, 15) is 4.79 Å². The fraction of sp³-hybridized carbons (Fsp3) is 0.357. The Morgan fingerprint density at radius 3 is 2.30 bits per heavy atom. The van der Waals surface area contributed by atoms with Crippen molar-refractivity contribution >= 4 is 39.4 Å². The van der Waals surface area contributed by atoms with Crippen LogP contribution in [0.15, 0.2) is 42.5 Å². The molecular weight excluding hydrogens is 532 g/mol. The highest BCUT2D eigenvalue weighted by atomic mass is 32.1. The molecule has 12 heteroatoms. The predicted octanol–water partition coefficient (Wildman–Crippen LogP) is 3.21. The maximum Gasteiger partial charge on any atom is 0.260 e. The van der Waals surface area contributed by atoms with Crippen LogP contribution in [0.5, 0.6) is 23.0 Å². The Morgan fingerprint density at radius 2 is 1.60 bits per heavy atom. The Kier molecular flexibility index (Phi) is 8.34. The molecule has 2 aromatic carbocycles. The van der Waals surface area contributed by atoms with Gasteiger partial charge in [0.15, 0.2) is 28.8 Å². The first-order valence-corrected chi connectivity index (χ1v) is 13.7. The first kappa shape index (κ1) is 27.3. The Morgan fingerprint density at radius 1 is 0.875 bits per heavy atom. The second kappa shape index (κ2) is 12.2.